The highest BCUT2D eigenvalue weighted by Crippen LogP contribution is 2.28. The van der Waals surface area contributed by atoms with Gasteiger partial charge in [-0.2, -0.15) is 0 Å². The van der Waals surface area contributed by atoms with Crippen LogP contribution in [0.25, 0.3) is 0 Å². The lowest BCUT2D eigenvalue weighted by Gasteiger charge is -1.98. The normalized spacial score (nSPS) is 10.4. The van der Waals surface area contributed by atoms with Crippen molar-refractivity contribution in [3.05, 3.63) is 34.3 Å². The van der Waals surface area contributed by atoms with Gasteiger partial charge in [0.2, 0.25) is 11.0 Å². The highest BCUT2D eigenvalue weighted by Gasteiger charge is 2.07. The van der Waals surface area contributed by atoms with Crippen LogP contribution in [0.15, 0.2) is 33.1 Å². The van der Waals surface area contributed by atoms with E-state index in [2.05, 4.69) is 43.6 Å². The highest BCUT2D eigenvalue weighted by molar-refractivity contribution is 9.10. The van der Waals surface area contributed by atoms with E-state index in [4.69, 9.17) is 0 Å². The molecular weight excluding hydrogens is 346 g/mol. The van der Waals surface area contributed by atoms with E-state index in [0.717, 1.165) is 14.6 Å². The summed E-state index contributed by atoms with van der Waals surface area (Å²) in [5.74, 6) is 0.796. The summed E-state index contributed by atoms with van der Waals surface area (Å²) in [6.45, 7) is 1.81. The van der Waals surface area contributed by atoms with Crippen LogP contribution < -0.4 is 5.32 Å². The molecule has 1 aromatic carbocycles. The predicted octanol–water partition coefficient (Wildman–Crippen LogP) is 3.94. The average molecular weight is 358 g/mol. The molecule has 0 radical (unpaired) electrons. The molecule has 2 aromatic rings. The third-order valence-electron chi connectivity index (χ3n) is 2.25. The van der Waals surface area contributed by atoms with Gasteiger partial charge in [-0.1, -0.05) is 58.1 Å². The van der Waals surface area contributed by atoms with Crippen LogP contribution in [0.1, 0.15) is 18.9 Å². The summed E-state index contributed by atoms with van der Waals surface area (Å²) in [5, 5.41) is 11.2. The Morgan fingerprint density at radius 2 is 2.11 bits per heavy atom. The first kappa shape index (κ1) is 14.5. The number of halogens is 1. The number of nitrogens with zero attached hydrogens (tertiary/aromatic N) is 2. The fourth-order valence-corrected chi connectivity index (χ4v) is 3.24. The summed E-state index contributed by atoms with van der Waals surface area (Å²) in [7, 11) is 0. The molecule has 2 rings (SSSR count). The van der Waals surface area contributed by atoms with E-state index in [-0.39, 0.29) is 5.91 Å². The molecule has 0 unspecified atom stereocenters. The molecule has 4 nitrogen and oxygen atoms in total. The van der Waals surface area contributed by atoms with Gasteiger partial charge < -0.3 is 5.32 Å². The average Bonchev–Trinajstić information content (AvgIpc) is 2.85. The van der Waals surface area contributed by atoms with Gasteiger partial charge in [0.05, 0.1) is 0 Å². The molecule has 0 atom stereocenters. The Labute approximate surface area is 128 Å². The zero-order valence-corrected chi connectivity index (χ0v) is 13.4. The van der Waals surface area contributed by atoms with Gasteiger partial charge in [0.25, 0.3) is 0 Å². The van der Waals surface area contributed by atoms with Crippen molar-refractivity contribution in [2.75, 3.05) is 5.32 Å². The van der Waals surface area contributed by atoms with Crippen molar-refractivity contribution in [3.8, 4) is 0 Å². The first-order valence-electron chi connectivity index (χ1n) is 5.68. The van der Waals surface area contributed by atoms with Gasteiger partial charge in [-0.05, 0) is 17.7 Å². The zero-order valence-electron chi connectivity index (χ0n) is 10.2. The maximum absolute atomic E-state index is 11.2. The van der Waals surface area contributed by atoms with Crippen molar-refractivity contribution in [2.24, 2.45) is 0 Å². The van der Waals surface area contributed by atoms with Crippen molar-refractivity contribution in [1.29, 1.82) is 0 Å². The van der Waals surface area contributed by atoms with Gasteiger partial charge in [-0.25, -0.2) is 0 Å². The molecule has 19 heavy (non-hydrogen) atoms. The Kier molecular flexibility index (Phi) is 5.35. The van der Waals surface area contributed by atoms with E-state index >= 15 is 0 Å². The van der Waals surface area contributed by atoms with Gasteiger partial charge >= 0.3 is 0 Å². The minimum atomic E-state index is -0.0411. The second-order valence-corrected chi connectivity index (χ2v) is 6.81. The van der Waals surface area contributed by atoms with Gasteiger partial charge in [-0.15, -0.1) is 10.2 Å². The molecular formula is C12H12BrN3OS2. The highest BCUT2D eigenvalue weighted by atomic mass is 79.9. The topological polar surface area (TPSA) is 54.9 Å². The minimum absolute atomic E-state index is 0.0411. The quantitative estimate of drug-likeness (QED) is 0.650. The van der Waals surface area contributed by atoms with Crippen molar-refractivity contribution in [1.82, 2.24) is 10.2 Å². The van der Waals surface area contributed by atoms with Crippen LogP contribution in [0.4, 0.5) is 5.13 Å². The number of nitrogens with one attached hydrogen (secondary N) is 1. The van der Waals surface area contributed by atoms with E-state index < -0.39 is 0 Å². The monoisotopic (exact) mass is 357 g/mol. The first-order chi connectivity index (χ1) is 9.17. The van der Waals surface area contributed by atoms with Gasteiger partial charge in [0.1, 0.15) is 0 Å². The Hall–Kier alpha value is -0.920. The number of hydrogen-bond donors (Lipinski definition) is 1. The number of amides is 1. The summed E-state index contributed by atoms with van der Waals surface area (Å²) < 4.78 is 1.93. The van der Waals surface area contributed by atoms with Gasteiger partial charge in [-0.3, -0.25) is 4.79 Å². The number of carbonyl (C=O) groups is 1. The Morgan fingerprint density at radius 3 is 2.79 bits per heavy atom. The molecule has 0 aliphatic rings. The van der Waals surface area contributed by atoms with Crippen LogP contribution >= 0.6 is 39.0 Å². The van der Waals surface area contributed by atoms with Crippen molar-refractivity contribution in [3.63, 3.8) is 0 Å². The van der Waals surface area contributed by atoms with Crippen molar-refractivity contribution < 1.29 is 4.79 Å². The minimum Gasteiger partial charge on any atom is -0.301 e. The standard InChI is InChI=1S/C12H12BrN3OS2/c1-2-10(17)14-11-15-16-12(19-11)18-7-8-3-5-9(13)6-4-8/h3-6H,2,7H2,1H3,(H,14,15,17). The molecule has 0 fully saturated rings. The van der Waals surface area contributed by atoms with E-state index in [9.17, 15) is 4.79 Å². The number of benzene rings is 1. The lowest BCUT2D eigenvalue weighted by molar-refractivity contribution is -0.115. The van der Waals surface area contributed by atoms with Crippen LogP contribution in [0.5, 0.6) is 0 Å². The largest absolute Gasteiger partial charge is 0.301 e. The maximum Gasteiger partial charge on any atom is 0.225 e. The second kappa shape index (κ2) is 7.02. The Bertz CT molecular complexity index is 556. The van der Waals surface area contributed by atoms with Crippen LogP contribution in [0, 0.1) is 0 Å². The number of hydrogen-bond acceptors (Lipinski definition) is 5. The summed E-state index contributed by atoms with van der Waals surface area (Å²) >= 11 is 6.42. The SMILES string of the molecule is CCC(=O)Nc1nnc(SCc2ccc(Br)cc2)s1. The number of anilines is 1. The summed E-state index contributed by atoms with van der Waals surface area (Å²) in [6, 6.07) is 8.17. The maximum atomic E-state index is 11.2. The van der Waals surface area contributed by atoms with Crippen LogP contribution in [0.2, 0.25) is 0 Å². The third-order valence-corrected chi connectivity index (χ3v) is 4.82. The summed E-state index contributed by atoms with van der Waals surface area (Å²) in [6.07, 6.45) is 0.445. The smallest absolute Gasteiger partial charge is 0.225 e. The molecule has 0 aliphatic heterocycles. The van der Waals surface area contributed by atoms with Gasteiger partial charge in [0.15, 0.2) is 4.34 Å². The fourth-order valence-electron chi connectivity index (χ4n) is 1.25. The lowest BCUT2D eigenvalue weighted by atomic mass is 10.2. The Balaban J connectivity index is 1.89. The molecule has 0 aliphatic carbocycles. The third kappa shape index (κ3) is 4.59. The van der Waals surface area contributed by atoms with Crippen molar-refractivity contribution in [2.45, 2.75) is 23.4 Å². The van der Waals surface area contributed by atoms with Crippen LogP contribution in [-0.4, -0.2) is 16.1 Å². The predicted molar refractivity (Wildman–Crippen MR) is 82.5 cm³/mol. The number of aromatic nitrogens is 2. The van der Waals surface area contributed by atoms with Crippen molar-refractivity contribution >= 4 is 50.1 Å². The van der Waals surface area contributed by atoms with Gasteiger partial charge in [0, 0.05) is 16.6 Å². The molecule has 1 N–H and O–H groups in total. The zero-order chi connectivity index (χ0) is 13.7. The molecule has 100 valence electrons. The van der Waals surface area contributed by atoms with Crippen LogP contribution in [-0.2, 0) is 10.5 Å². The molecule has 7 heteroatoms. The molecule has 0 bridgehead atoms. The molecule has 0 saturated heterocycles. The van der Waals surface area contributed by atoms with E-state index in [0.29, 0.717) is 11.6 Å². The fraction of sp³-hybridized carbons (Fsp3) is 0.250. The lowest BCUT2D eigenvalue weighted by Crippen LogP contribution is -2.08. The Morgan fingerprint density at radius 1 is 1.37 bits per heavy atom. The molecule has 1 amide bonds. The molecule has 1 heterocycles. The number of rotatable bonds is 5. The number of thioether (sulfide) groups is 1. The molecule has 0 spiro atoms. The van der Waals surface area contributed by atoms with Crippen LogP contribution in [0.3, 0.4) is 0 Å². The first-order valence-corrected chi connectivity index (χ1v) is 8.27. The number of carbonyl (C=O) groups excluding carboxylic acids is 1. The van der Waals surface area contributed by atoms with E-state index in [1.54, 1.807) is 18.7 Å². The summed E-state index contributed by atoms with van der Waals surface area (Å²) in [4.78, 5) is 11.2. The molecule has 0 saturated carbocycles. The van der Waals surface area contributed by atoms with E-state index in [1.807, 2.05) is 12.1 Å². The second-order valence-electron chi connectivity index (χ2n) is 3.69. The van der Waals surface area contributed by atoms with E-state index in [1.165, 1.54) is 16.9 Å². The molecule has 1 aromatic heterocycles. The summed E-state index contributed by atoms with van der Waals surface area (Å²) in [5.41, 5.74) is 1.22.